The Balaban J connectivity index is 1.24. The Hall–Kier alpha value is -3.85. The number of hydrogen-bond donors (Lipinski definition) is 1. The van der Waals surface area contributed by atoms with Gasteiger partial charge >= 0.3 is 0 Å². The van der Waals surface area contributed by atoms with Crippen LogP contribution in [0.1, 0.15) is 31.2 Å². The minimum absolute atomic E-state index is 0.165. The molecule has 1 aliphatic rings. The third kappa shape index (κ3) is 5.68. The number of aryl methyl sites for hydroxylation is 1. The number of ether oxygens (including phenoxy) is 1. The Morgan fingerprint density at radius 3 is 2.50 bits per heavy atom. The molecule has 5 rings (SSSR count). The van der Waals surface area contributed by atoms with Crippen LogP contribution in [0, 0.1) is 11.8 Å². The fourth-order valence-corrected chi connectivity index (χ4v) is 4.64. The highest BCUT2D eigenvalue weighted by Crippen LogP contribution is 2.28. The predicted molar refractivity (Wildman–Crippen MR) is 137 cm³/mol. The summed E-state index contributed by atoms with van der Waals surface area (Å²) in [6.45, 7) is 1.82. The minimum atomic E-state index is -0.165. The smallest absolute Gasteiger partial charge is 0.267 e. The van der Waals surface area contributed by atoms with Crippen LogP contribution in [-0.4, -0.2) is 42.7 Å². The quantitative estimate of drug-likeness (QED) is 0.407. The van der Waals surface area contributed by atoms with Crippen molar-refractivity contribution in [2.24, 2.45) is 24.6 Å². The molecule has 1 saturated carbocycles. The summed E-state index contributed by atoms with van der Waals surface area (Å²) < 4.78 is 9.13. The molecule has 0 atom stereocenters. The van der Waals surface area contributed by atoms with Gasteiger partial charge in [0.25, 0.3) is 5.56 Å². The van der Waals surface area contributed by atoms with E-state index >= 15 is 0 Å². The molecule has 3 heterocycles. The molecule has 186 valence electrons. The van der Waals surface area contributed by atoms with Gasteiger partial charge in [0.15, 0.2) is 11.6 Å². The van der Waals surface area contributed by atoms with Crippen LogP contribution in [0.4, 0.5) is 0 Å². The third-order valence-corrected chi connectivity index (χ3v) is 6.80. The fraction of sp³-hybridized carbons (Fsp3) is 0.370. The zero-order chi connectivity index (χ0) is 24.9. The van der Waals surface area contributed by atoms with Crippen molar-refractivity contribution in [1.82, 2.24) is 29.5 Å². The maximum absolute atomic E-state index is 12.4. The highest BCUT2D eigenvalue weighted by Gasteiger charge is 2.20. The summed E-state index contributed by atoms with van der Waals surface area (Å²) in [4.78, 5) is 21.5. The van der Waals surface area contributed by atoms with Crippen molar-refractivity contribution in [3.8, 4) is 28.4 Å². The lowest BCUT2D eigenvalue weighted by molar-refractivity contribution is 0.184. The van der Waals surface area contributed by atoms with E-state index in [1.54, 1.807) is 29.3 Å². The van der Waals surface area contributed by atoms with E-state index < -0.39 is 0 Å². The van der Waals surface area contributed by atoms with Gasteiger partial charge in [0.2, 0.25) is 0 Å². The zero-order valence-electron chi connectivity index (χ0n) is 20.5. The first kappa shape index (κ1) is 23.9. The lowest BCUT2D eigenvalue weighted by atomic mass is 9.82. The molecule has 1 aliphatic carbocycles. The summed E-state index contributed by atoms with van der Waals surface area (Å²) >= 11 is 0. The minimum Gasteiger partial charge on any atom is -0.490 e. The van der Waals surface area contributed by atoms with Crippen LogP contribution >= 0.6 is 0 Å². The molecule has 1 fully saturated rings. The van der Waals surface area contributed by atoms with E-state index in [0.29, 0.717) is 42.3 Å². The van der Waals surface area contributed by atoms with Gasteiger partial charge < -0.3 is 10.5 Å². The fourth-order valence-electron chi connectivity index (χ4n) is 4.64. The van der Waals surface area contributed by atoms with E-state index in [4.69, 9.17) is 10.5 Å². The summed E-state index contributed by atoms with van der Waals surface area (Å²) in [5.74, 6) is 2.52. The molecule has 0 saturated heterocycles. The maximum atomic E-state index is 12.4. The molecule has 0 aliphatic heterocycles. The van der Waals surface area contributed by atoms with E-state index in [2.05, 4.69) is 20.2 Å². The van der Waals surface area contributed by atoms with Gasteiger partial charge in [-0.15, -0.1) is 0 Å². The molecule has 0 amide bonds. The number of nitrogens with two attached hydrogens (primary N) is 1. The third-order valence-electron chi connectivity index (χ3n) is 6.80. The molecule has 0 unspecified atom stereocenters. The Kier molecular flexibility index (Phi) is 7.18. The Morgan fingerprint density at radius 2 is 1.78 bits per heavy atom. The van der Waals surface area contributed by atoms with Crippen molar-refractivity contribution in [2.75, 3.05) is 13.2 Å². The normalized spacial score (nSPS) is 17.7. The van der Waals surface area contributed by atoms with Crippen molar-refractivity contribution in [1.29, 1.82) is 0 Å². The molecule has 1 aromatic carbocycles. The molecule has 36 heavy (non-hydrogen) atoms. The Bertz CT molecular complexity index is 1360. The molecule has 0 spiro atoms. The van der Waals surface area contributed by atoms with Crippen molar-refractivity contribution in [2.45, 2.75) is 32.2 Å². The molecule has 9 heteroatoms. The van der Waals surface area contributed by atoms with Crippen molar-refractivity contribution >= 4 is 0 Å². The second-order valence-corrected chi connectivity index (χ2v) is 9.49. The molecule has 0 bridgehead atoms. The van der Waals surface area contributed by atoms with Gasteiger partial charge in [0.1, 0.15) is 0 Å². The molecule has 9 nitrogen and oxygen atoms in total. The van der Waals surface area contributed by atoms with Crippen LogP contribution in [0.5, 0.6) is 5.75 Å². The van der Waals surface area contributed by atoms with Crippen LogP contribution < -0.4 is 16.0 Å². The topological polar surface area (TPSA) is 114 Å². The van der Waals surface area contributed by atoms with Crippen LogP contribution in [0.15, 0.2) is 66.0 Å². The van der Waals surface area contributed by atoms with Gasteiger partial charge in [0.05, 0.1) is 37.4 Å². The summed E-state index contributed by atoms with van der Waals surface area (Å²) in [5, 5.41) is 8.71. The van der Waals surface area contributed by atoms with Crippen molar-refractivity contribution in [3.63, 3.8) is 0 Å². The molecule has 3 aromatic heterocycles. The lowest BCUT2D eigenvalue weighted by Crippen LogP contribution is -2.24. The molecular weight excluding hydrogens is 454 g/mol. The average molecular weight is 486 g/mol. The van der Waals surface area contributed by atoms with Gasteiger partial charge in [-0.2, -0.15) is 10.2 Å². The molecule has 0 radical (unpaired) electrons. The van der Waals surface area contributed by atoms with Gasteiger partial charge in [0, 0.05) is 30.4 Å². The zero-order valence-corrected chi connectivity index (χ0v) is 20.5. The first-order chi connectivity index (χ1) is 17.6. The number of benzene rings is 1. The largest absolute Gasteiger partial charge is 0.490 e. The summed E-state index contributed by atoms with van der Waals surface area (Å²) in [7, 11) is 1.85. The monoisotopic (exact) mass is 485 g/mol. The first-order valence-corrected chi connectivity index (χ1v) is 12.4. The first-order valence-electron chi connectivity index (χ1n) is 12.4. The van der Waals surface area contributed by atoms with Gasteiger partial charge in [-0.1, -0.05) is 18.2 Å². The Morgan fingerprint density at radius 1 is 1.00 bits per heavy atom. The second kappa shape index (κ2) is 10.8. The standard InChI is InChI=1S/C27H31N7O2/c1-33-17-23(13-31-33)25-9-10-26(35)34(32-25)16-21-3-2-4-22(11-21)27-29-14-24(15-30-27)36-18-20-7-5-19(12-28)6-8-20/h2-4,9-11,13-15,17,19-20H,5-8,12,16,18,28H2,1H3. The highest BCUT2D eigenvalue weighted by atomic mass is 16.5. The van der Waals surface area contributed by atoms with Crippen LogP contribution in [0.2, 0.25) is 0 Å². The number of aromatic nitrogens is 6. The highest BCUT2D eigenvalue weighted by molar-refractivity contribution is 5.57. The number of nitrogens with zero attached hydrogens (tertiary/aromatic N) is 6. The maximum Gasteiger partial charge on any atom is 0.267 e. The summed E-state index contributed by atoms with van der Waals surface area (Å²) in [6.07, 6.45) is 11.8. The van der Waals surface area contributed by atoms with Crippen LogP contribution in [0.3, 0.4) is 0 Å². The molecule has 2 N–H and O–H groups in total. The lowest BCUT2D eigenvalue weighted by Gasteiger charge is -2.27. The van der Waals surface area contributed by atoms with Crippen LogP contribution in [-0.2, 0) is 13.6 Å². The van der Waals surface area contributed by atoms with Gasteiger partial charge in [-0.3, -0.25) is 9.48 Å². The predicted octanol–water partition coefficient (Wildman–Crippen LogP) is 3.29. The van der Waals surface area contributed by atoms with E-state index in [-0.39, 0.29) is 5.56 Å². The Labute approximate surface area is 210 Å². The van der Waals surface area contributed by atoms with Gasteiger partial charge in [-0.25, -0.2) is 14.6 Å². The number of rotatable bonds is 8. The second-order valence-electron chi connectivity index (χ2n) is 9.49. The van der Waals surface area contributed by atoms with E-state index in [1.165, 1.54) is 23.6 Å². The van der Waals surface area contributed by atoms with Crippen LogP contribution in [0.25, 0.3) is 22.6 Å². The van der Waals surface area contributed by atoms with E-state index in [1.807, 2.05) is 37.5 Å². The van der Waals surface area contributed by atoms with Crippen molar-refractivity contribution in [3.05, 3.63) is 77.1 Å². The van der Waals surface area contributed by atoms with E-state index in [0.717, 1.165) is 36.1 Å². The molecular formula is C27H31N7O2. The SMILES string of the molecule is Cn1cc(-c2ccc(=O)n(Cc3cccc(-c4ncc(OCC5CCC(CN)CC5)cn4)c3)n2)cn1. The summed E-state index contributed by atoms with van der Waals surface area (Å²) in [6, 6.07) is 11.1. The average Bonchev–Trinajstić information content (AvgIpc) is 3.36. The van der Waals surface area contributed by atoms with Gasteiger partial charge in [-0.05, 0) is 61.8 Å². The van der Waals surface area contributed by atoms with E-state index in [9.17, 15) is 4.79 Å². The molecule has 4 aromatic rings. The van der Waals surface area contributed by atoms with Crippen molar-refractivity contribution < 1.29 is 4.74 Å². The summed E-state index contributed by atoms with van der Waals surface area (Å²) in [5.41, 5.74) is 8.99. The number of hydrogen-bond acceptors (Lipinski definition) is 7.